The van der Waals surface area contributed by atoms with E-state index < -0.39 is 15.8 Å². The summed E-state index contributed by atoms with van der Waals surface area (Å²) < 4.78 is 38.2. The van der Waals surface area contributed by atoms with Crippen LogP contribution < -0.4 is 4.72 Å². The highest BCUT2D eigenvalue weighted by atomic mass is 32.2. The van der Waals surface area contributed by atoms with Crippen molar-refractivity contribution in [2.24, 2.45) is 0 Å². The summed E-state index contributed by atoms with van der Waals surface area (Å²) in [5, 5.41) is 0. The Morgan fingerprint density at radius 3 is 2.80 bits per heavy atom. The maximum Gasteiger partial charge on any atom is 0.240 e. The molecule has 15 heavy (non-hydrogen) atoms. The van der Waals surface area contributed by atoms with Gasteiger partial charge in [-0.2, -0.15) is 0 Å². The van der Waals surface area contributed by atoms with Crippen LogP contribution in [0.2, 0.25) is 0 Å². The molecular weight excluding hydrogens is 217 g/mol. The van der Waals surface area contributed by atoms with Gasteiger partial charge in [0, 0.05) is 6.54 Å². The van der Waals surface area contributed by atoms with Crippen LogP contribution in [0.4, 0.5) is 4.39 Å². The van der Waals surface area contributed by atoms with Gasteiger partial charge < -0.3 is 0 Å². The molecule has 0 unspecified atom stereocenters. The summed E-state index contributed by atoms with van der Waals surface area (Å²) in [7, 11) is -3.59. The Bertz CT molecular complexity index is 442. The second kappa shape index (κ2) is 5.04. The third kappa shape index (κ3) is 3.45. The van der Waals surface area contributed by atoms with Gasteiger partial charge in [-0.15, -0.1) is 6.58 Å². The molecule has 0 aromatic heterocycles. The lowest BCUT2D eigenvalue weighted by molar-refractivity contribution is 0.578. The molecule has 1 aromatic carbocycles. The molecule has 0 heterocycles. The van der Waals surface area contributed by atoms with Gasteiger partial charge in [-0.25, -0.2) is 17.5 Å². The van der Waals surface area contributed by atoms with E-state index in [0.29, 0.717) is 6.42 Å². The van der Waals surface area contributed by atoms with Crippen molar-refractivity contribution in [2.75, 3.05) is 6.54 Å². The van der Waals surface area contributed by atoms with Gasteiger partial charge >= 0.3 is 0 Å². The van der Waals surface area contributed by atoms with E-state index >= 15 is 0 Å². The van der Waals surface area contributed by atoms with Crippen LogP contribution in [0, 0.1) is 5.82 Å². The lowest BCUT2D eigenvalue weighted by Crippen LogP contribution is -2.24. The Morgan fingerprint density at radius 1 is 1.47 bits per heavy atom. The quantitative estimate of drug-likeness (QED) is 0.616. The van der Waals surface area contributed by atoms with Crippen LogP contribution in [0.3, 0.4) is 0 Å². The SMILES string of the molecule is C=CCCNS(=O)(=O)c1cccc(F)c1. The van der Waals surface area contributed by atoms with Gasteiger partial charge in [-0.1, -0.05) is 12.1 Å². The molecule has 0 saturated carbocycles. The van der Waals surface area contributed by atoms with Crippen molar-refractivity contribution in [1.29, 1.82) is 0 Å². The third-order valence-electron chi connectivity index (χ3n) is 1.75. The minimum atomic E-state index is -3.59. The van der Waals surface area contributed by atoms with Gasteiger partial charge in [-0.3, -0.25) is 0 Å². The van der Waals surface area contributed by atoms with Crippen LogP contribution in [-0.2, 0) is 10.0 Å². The molecule has 0 saturated heterocycles. The molecule has 82 valence electrons. The van der Waals surface area contributed by atoms with E-state index in [1.54, 1.807) is 6.08 Å². The summed E-state index contributed by atoms with van der Waals surface area (Å²) in [5.41, 5.74) is 0. The highest BCUT2D eigenvalue weighted by molar-refractivity contribution is 7.89. The Morgan fingerprint density at radius 2 is 2.20 bits per heavy atom. The number of nitrogens with one attached hydrogen (secondary N) is 1. The smallest absolute Gasteiger partial charge is 0.211 e. The van der Waals surface area contributed by atoms with E-state index in [1.807, 2.05) is 0 Å². The summed E-state index contributed by atoms with van der Waals surface area (Å²) in [6.45, 7) is 3.74. The molecular formula is C10H12FNO2S. The summed E-state index contributed by atoms with van der Waals surface area (Å²) in [5.74, 6) is -0.568. The highest BCUT2D eigenvalue weighted by Gasteiger charge is 2.12. The van der Waals surface area contributed by atoms with Crippen molar-refractivity contribution >= 4 is 10.0 Å². The molecule has 0 aliphatic heterocycles. The molecule has 1 aromatic rings. The zero-order valence-electron chi connectivity index (χ0n) is 8.11. The predicted molar refractivity (Wildman–Crippen MR) is 56.4 cm³/mol. The van der Waals surface area contributed by atoms with Crippen molar-refractivity contribution in [2.45, 2.75) is 11.3 Å². The second-order valence-electron chi connectivity index (χ2n) is 2.93. The van der Waals surface area contributed by atoms with E-state index in [4.69, 9.17) is 0 Å². The topological polar surface area (TPSA) is 46.2 Å². The standard InChI is InChI=1S/C10H12FNO2S/c1-2-3-7-12-15(13,14)10-6-4-5-9(11)8-10/h2,4-6,8,12H,1,3,7H2. The number of sulfonamides is 1. The van der Waals surface area contributed by atoms with Gasteiger partial charge in [0.05, 0.1) is 4.90 Å². The fraction of sp³-hybridized carbons (Fsp3) is 0.200. The van der Waals surface area contributed by atoms with Crippen LogP contribution >= 0.6 is 0 Å². The lowest BCUT2D eigenvalue weighted by atomic mass is 10.4. The monoisotopic (exact) mass is 229 g/mol. The number of halogens is 1. The van der Waals surface area contributed by atoms with Gasteiger partial charge in [0.15, 0.2) is 0 Å². The molecule has 1 N–H and O–H groups in total. The number of benzene rings is 1. The van der Waals surface area contributed by atoms with Crippen LogP contribution in [0.15, 0.2) is 41.8 Å². The average Bonchev–Trinajstić information content (AvgIpc) is 2.18. The molecule has 0 atom stereocenters. The number of rotatable bonds is 5. The van der Waals surface area contributed by atoms with Crippen molar-refractivity contribution in [3.8, 4) is 0 Å². The first kappa shape index (κ1) is 11.9. The fourth-order valence-electron chi connectivity index (χ4n) is 1.01. The van der Waals surface area contributed by atoms with Gasteiger partial charge in [0.1, 0.15) is 5.82 Å². The molecule has 0 spiro atoms. The van der Waals surface area contributed by atoms with Crippen LogP contribution in [0.5, 0.6) is 0 Å². The summed E-state index contributed by atoms with van der Waals surface area (Å²) in [4.78, 5) is -0.0634. The van der Waals surface area contributed by atoms with Crippen molar-refractivity contribution in [3.05, 3.63) is 42.7 Å². The van der Waals surface area contributed by atoms with Gasteiger partial charge in [0.25, 0.3) is 0 Å². The van der Waals surface area contributed by atoms with Crippen molar-refractivity contribution < 1.29 is 12.8 Å². The highest BCUT2D eigenvalue weighted by Crippen LogP contribution is 2.09. The molecule has 0 amide bonds. The molecule has 5 heteroatoms. The first-order valence-electron chi connectivity index (χ1n) is 4.42. The Hall–Kier alpha value is -1.20. The molecule has 0 aliphatic carbocycles. The molecule has 1 rings (SSSR count). The van der Waals surface area contributed by atoms with Crippen LogP contribution in [0.1, 0.15) is 6.42 Å². The largest absolute Gasteiger partial charge is 0.240 e. The lowest BCUT2D eigenvalue weighted by Gasteiger charge is -2.04. The van der Waals surface area contributed by atoms with E-state index in [1.165, 1.54) is 18.2 Å². The molecule has 0 aliphatic rings. The maximum atomic E-state index is 12.8. The van der Waals surface area contributed by atoms with E-state index in [0.717, 1.165) is 6.07 Å². The second-order valence-corrected chi connectivity index (χ2v) is 4.70. The minimum Gasteiger partial charge on any atom is -0.211 e. The molecule has 0 radical (unpaired) electrons. The minimum absolute atomic E-state index is 0.0634. The van der Waals surface area contributed by atoms with E-state index in [-0.39, 0.29) is 11.4 Å². The van der Waals surface area contributed by atoms with Gasteiger partial charge in [-0.05, 0) is 24.6 Å². The number of hydrogen-bond donors (Lipinski definition) is 1. The maximum absolute atomic E-state index is 12.8. The predicted octanol–water partition coefficient (Wildman–Crippen LogP) is 1.68. The summed E-state index contributed by atoms with van der Waals surface area (Å²) in [6, 6.07) is 4.88. The summed E-state index contributed by atoms with van der Waals surface area (Å²) >= 11 is 0. The fourth-order valence-corrected chi connectivity index (χ4v) is 2.09. The van der Waals surface area contributed by atoms with Crippen LogP contribution in [-0.4, -0.2) is 15.0 Å². The molecule has 3 nitrogen and oxygen atoms in total. The zero-order chi connectivity index (χ0) is 11.3. The molecule has 0 bridgehead atoms. The van der Waals surface area contributed by atoms with Crippen LogP contribution in [0.25, 0.3) is 0 Å². The van der Waals surface area contributed by atoms with Gasteiger partial charge in [0.2, 0.25) is 10.0 Å². The summed E-state index contributed by atoms with van der Waals surface area (Å²) in [6.07, 6.45) is 2.14. The normalized spacial score (nSPS) is 11.3. The first-order chi connectivity index (χ1) is 7.06. The Balaban J connectivity index is 2.82. The van der Waals surface area contributed by atoms with Crippen molar-refractivity contribution in [3.63, 3.8) is 0 Å². The Kier molecular flexibility index (Phi) is 3.99. The van der Waals surface area contributed by atoms with E-state index in [2.05, 4.69) is 11.3 Å². The average molecular weight is 229 g/mol. The number of hydrogen-bond acceptors (Lipinski definition) is 2. The first-order valence-corrected chi connectivity index (χ1v) is 5.91. The van der Waals surface area contributed by atoms with E-state index in [9.17, 15) is 12.8 Å². The third-order valence-corrected chi connectivity index (χ3v) is 3.21. The zero-order valence-corrected chi connectivity index (χ0v) is 8.93. The Labute approximate surface area is 88.7 Å². The van der Waals surface area contributed by atoms with Crippen molar-refractivity contribution in [1.82, 2.24) is 4.72 Å². The molecule has 0 fully saturated rings.